The van der Waals surface area contributed by atoms with E-state index in [2.05, 4.69) is 0 Å². The van der Waals surface area contributed by atoms with Crippen molar-refractivity contribution < 1.29 is 54.8 Å². The Morgan fingerprint density at radius 3 is 2.00 bits per heavy atom. The lowest BCUT2D eigenvalue weighted by molar-refractivity contribution is -0.242. The minimum Gasteiger partial charge on any atom is -0.457 e. The summed E-state index contributed by atoms with van der Waals surface area (Å²) in [6.45, 7) is -1.67. The molecule has 2 rings (SSSR count). The van der Waals surface area contributed by atoms with Crippen LogP contribution in [0.1, 0.15) is 0 Å². The van der Waals surface area contributed by atoms with Gasteiger partial charge in [-0.15, -0.1) is 0 Å². The Morgan fingerprint density at radius 1 is 0.800 bits per heavy atom. The molecule has 11 heteroatoms. The van der Waals surface area contributed by atoms with Crippen molar-refractivity contribution in [3.63, 3.8) is 0 Å². The van der Waals surface area contributed by atoms with Crippen LogP contribution in [0.5, 0.6) is 0 Å². The van der Waals surface area contributed by atoms with Crippen molar-refractivity contribution in [1.29, 1.82) is 0 Å². The summed E-state index contributed by atoms with van der Waals surface area (Å²) in [7, 11) is 0. The van der Waals surface area contributed by atoms with Crippen LogP contribution in [0.25, 0.3) is 0 Å². The topological polar surface area (TPSA) is 186 Å². The van der Waals surface area contributed by atoms with Gasteiger partial charge < -0.3 is 50.0 Å². The summed E-state index contributed by atoms with van der Waals surface area (Å²) in [6.07, 6.45) is -10.9. The first-order chi connectivity index (χ1) is 11.8. The van der Waals surface area contributed by atoms with Crippen LogP contribution in [0.4, 0.5) is 0 Å². The molecule has 0 aromatic carbocycles. The molecule has 2 aliphatic rings. The van der Waals surface area contributed by atoms with E-state index in [9.17, 15) is 35.4 Å². The van der Waals surface area contributed by atoms with Gasteiger partial charge in [-0.1, -0.05) is 0 Å². The number of rotatable bonds is 6. The number of ether oxygens (including phenoxy) is 3. The highest BCUT2D eigenvalue weighted by Gasteiger charge is 2.46. The van der Waals surface area contributed by atoms with Gasteiger partial charge in [-0.3, -0.25) is 0 Å². The quantitative estimate of drug-likeness (QED) is 0.223. The van der Waals surface area contributed by atoms with Crippen molar-refractivity contribution >= 4 is 5.97 Å². The first-order valence-corrected chi connectivity index (χ1v) is 7.87. The van der Waals surface area contributed by atoms with Crippen LogP contribution in [-0.4, -0.2) is 117 Å². The van der Waals surface area contributed by atoms with Crippen molar-refractivity contribution in [2.24, 2.45) is 5.92 Å². The first-order valence-electron chi connectivity index (χ1n) is 7.87. The van der Waals surface area contributed by atoms with E-state index in [1.807, 2.05) is 0 Å². The van der Waals surface area contributed by atoms with Gasteiger partial charge in [0.25, 0.3) is 0 Å². The second kappa shape index (κ2) is 8.66. The second-order valence-corrected chi connectivity index (χ2v) is 6.16. The summed E-state index contributed by atoms with van der Waals surface area (Å²) in [5.41, 5.74) is 0. The van der Waals surface area contributed by atoms with Crippen LogP contribution < -0.4 is 0 Å². The van der Waals surface area contributed by atoms with Crippen molar-refractivity contribution in [1.82, 2.24) is 0 Å². The summed E-state index contributed by atoms with van der Waals surface area (Å²) in [5.74, 6) is -1.96. The Kier molecular flexibility index (Phi) is 7.08. The predicted molar refractivity (Wildman–Crippen MR) is 77.1 cm³/mol. The smallest absolute Gasteiger partial charge is 0.338 e. The van der Waals surface area contributed by atoms with E-state index >= 15 is 0 Å². The Morgan fingerprint density at radius 2 is 1.40 bits per heavy atom. The summed E-state index contributed by atoms with van der Waals surface area (Å²) in [5, 5.41) is 67.1. The van der Waals surface area contributed by atoms with Gasteiger partial charge in [0, 0.05) is 0 Å². The first kappa shape index (κ1) is 20.4. The van der Waals surface area contributed by atoms with Crippen LogP contribution in [0.2, 0.25) is 0 Å². The number of carbonyl (C=O) groups excluding carboxylic acids is 1. The molecule has 0 spiro atoms. The summed E-state index contributed by atoms with van der Waals surface area (Å²) >= 11 is 0. The fourth-order valence-corrected chi connectivity index (χ4v) is 2.91. The van der Waals surface area contributed by atoms with Gasteiger partial charge in [-0.25, -0.2) is 4.79 Å². The molecule has 0 aromatic heterocycles. The highest BCUT2D eigenvalue weighted by Crippen LogP contribution is 2.25. The fraction of sp³-hybridized carbons (Fsp3) is 0.929. The van der Waals surface area contributed by atoms with Gasteiger partial charge in [0.2, 0.25) is 0 Å². The number of cyclic esters (lactones) is 1. The van der Waals surface area contributed by atoms with Crippen LogP contribution in [0.3, 0.4) is 0 Å². The molecular formula is C14H24O11. The molecule has 146 valence electrons. The van der Waals surface area contributed by atoms with E-state index in [-0.39, 0.29) is 13.2 Å². The second-order valence-electron chi connectivity index (χ2n) is 6.16. The van der Waals surface area contributed by atoms with Gasteiger partial charge in [0.15, 0.2) is 6.10 Å². The Labute approximate surface area is 143 Å². The SMILES string of the molecule is O=C1OC(CO)[C@@H](COC[C@H]2OC(CO)[C@H](O)[C@@H](O)C2O)[C@@H](O)C1O. The molecule has 2 heterocycles. The minimum atomic E-state index is -1.76. The molecule has 4 unspecified atom stereocenters. The van der Waals surface area contributed by atoms with Crippen molar-refractivity contribution in [2.45, 2.75) is 48.8 Å². The highest BCUT2D eigenvalue weighted by atomic mass is 16.6. The van der Waals surface area contributed by atoms with Gasteiger partial charge in [0.05, 0.1) is 38.4 Å². The zero-order chi connectivity index (χ0) is 18.7. The van der Waals surface area contributed by atoms with Gasteiger partial charge in [0.1, 0.15) is 36.6 Å². The largest absolute Gasteiger partial charge is 0.457 e. The monoisotopic (exact) mass is 368 g/mol. The molecule has 11 nitrogen and oxygen atoms in total. The number of aliphatic hydroxyl groups excluding tert-OH is 7. The van der Waals surface area contributed by atoms with Crippen LogP contribution in [-0.2, 0) is 19.0 Å². The molecular weight excluding hydrogens is 344 g/mol. The molecule has 9 atom stereocenters. The number of hydrogen-bond acceptors (Lipinski definition) is 11. The molecule has 25 heavy (non-hydrogen) atoms. The lowest BCUT2D eigenvalue weighted by atomic mass is 9.90. The van der Waals surface area contributed by atoms with Crippen LogP contribution in [0.15, 0.2) is 0 Å². The maximum absolute atomic E-state index is 11.3. The number of esters is 1. The highest BCUT2D eigenvalue weighted by molar-refractivity contribution is 5.76. The molecule has 0 bridgehead atoms. The van der Waals surface area contributed by atoms with E-state index < -0.39 is 73.9 Å². The Hall–Kier alpha value is -0.890. The van der Waals surface area contributed by atoms with Gasteiger partial charge in [-0.05, 0) is 0 Å². The lowest BCUT2D eigenvalue weighted by Gasteiger charge is -2.40. The van der Waals surface area contributed by atoms with Crippen LogP contribution >= 0.6 is 0 Å². The molecule has 0 amide bonds. The molecule has 0 saturated carbocycles. The summed E-state index contributed by atoms with van der Waals surface area (Å²) < 4.78 is 15.4. The Balaban J connectivity index is 1.91. The van der Waals surface area contributed by atoms with Crippen molar-refractivity contribution in [3.05, 3.63) is 0 Å². The maximum atomic E-state index is 11.3. The summed E-state index contributed by atoms with van der Waals surface area (Å²) in [4.78, 5) is 11.3. The van der Waals surface area contributed by atoms with Gasteiger partial charge in [-0.2, -0.15) is 0 Å². The third kappa shape index (κ3) is 4.27. The molecule has 0 aliphatic carbocycles. The number of hydrogen-bond donors (Lipinski definition) is 7. The van der Waals surface area contributed by atoms with Crippen LogP contribution in [0, 0.1) is 5.92 Å². The third-order valence-electron chi connectivity index (χ3n) is 4.51. The van der Waals surface area contributed by atoms with E-state index in [1.165, 1.54) is 0 Å². The predicted octanol–water partition coefficient (Wildman–Crippen LogP) is -4.90. The molecule has 0 aromatic rings. The average molecular weight is 368 g/mol. The fourth-order valence-electron chi connectivity index (χ4n) is 2.91. The normalized spacial score (nSPS) is 45.2. The lowest BCUT2D eigenvalue weighted by Crippen LogP contribution is -2.60. The van der Waals surface area contributed by atoms with E-state index in [0.29, 0.717) is 0 Å². The average Bonchev–Trinajstić information content (AvgIpc) is 2.61. The van der Waals surface area contributed by atoms with Crippen molar-refractivity contribution in [3.8, 4) is 0 Å². The van der Waals surface area contributed by atoms with E-state index in [1.54, 1.807) is 0 Å². The molecule has 2 saturated heterocycles. The van der Waals surface area contributed by atoms with E-state index in [0.717, 1.165) is 0 Å². The molecule has 2 fully saturated rings. The molecule has 7 N–H and O–H groups in total. The summed E-state index contributed by atoms with van der Waals surface area (Å²) in [6, 6.07) is 0. The number of aliphatic hydroxyl groups is 7. The van der Waals surface area contributed by atoms with Crippen molar-refractivity contribution in [2.75, 3.05) is 26.4 Å². The standard InChI is InChI=1S/C14H24O11/c15-1-6-5(9(17)13(21)14(22)25-6)3-23-4-8-11(19)12(20)10(18)7(2-16)24-8/h5-13,15-21H,1-4H2/t5-,6?,7?,8-,9-,10+,11?,12-,13?/m1/s1. The van der Waals surface area contributed by atoms with E-state index in [4.69, 9.17) is 19.3 Å². The molecule has 0 radical (unpaired) electrons. The maximum Gasteiger partial charge on any atom is 0.338 e. The zero-order valence-corrected chi connectivity index (χ0v) is 13.3. The zero-order valence-electron chi connectivity index (χ0n) is 13.3. The third-order valence-corrected chi connectivity index (χ3v) is 4.51. The molecule has 2 aliphatic heterocycles. The minimum absolute atomic E-state index is 0.244. The van der Waals surface area contributed by atoms with Gasteiger partial charge >= 0.3 is 5.97 Å². The number of carbonyl (C=O) groups is 1. The Bertz CT molecular complexity index is 442.